The highest BCUT2D eigenvalue weighted by molar-refractivity contribution is 7.17. The Morgan fingerprint density at radius 1 is 1.32 bits per heavy atom. The summed E-state index contributed by atoms with van der Waals surface area (Å²) >= 11 is 1.79. The minimum atomic E-state index is -0.226. The van der Waals surface area contributed by atoms with Gasteiger partial charge >= 0.3 is 0 Å². The Labute approximate surface area is 168 Å². The summed E-state index contributed by atoms with van der Waals surface area (Å²) in [4.78, 5) is 21.3. The molecule has 28 heavy (non-hydrogen) atoms. The van der Waals surface area contributed by atoms with E-state index in [1.54, 1.807) is 28.4 Å². The van der Waals surface area contributed by atoms with Gasteiger partial charge in [-0.15, -0.1) is 11.3 Å². The van der Waals surface area contributed by atoms with E-state index in [4.69, 9.17) is 0 Å². The van der Waals surface area contributed by atoms with Crippen molar-refractivity contribution < 1.29 is 9.90 Å². The van der Waals surface area contributed by atoms with E-state index in [0.717, 1.165) is 19.6 Å². The number of benzene rings is 1. The zero-order chi connectivity index (χ0) is 19.3. The van der Waals surface area contributed by atoms with Crippen molar-refractivity contribution in [2.45, 2.75) is 6.54 Å². The molecule has 0 spiro atoms. The number of aliphatic hydroxyl groups is 1. The number of nitrogens with zero attached hydrogens (tertiary/aromatic N) is 4. The van der Waals surface area contributed by atoms with Gasteiger partial charge in [0.25, 0.3) is 5.91 Å². The van der Waals surface area contributed by atoms with Gasteiger partial charge in [-0.25, -0.2) is 4.98 Å². The lowest BCUT2D eigenvalue weighted by Crippen LogP contribution is -2.38. The van der Waals surface area contributed by atoms with Crippen LogP contribution in [0.15, 0.2) is 42.2 Å². The van der Waals surface area contributed by atoms with Crippen molar-refractivity contribution in [3.63, 3.8) is 0 Å². The summed E-state index contributed by atoms with van der Waals surface area (Å²) in [6.07, 6.45) is 3.41. The Balaban J connectivity index is 1.31. The van der Waals surface area contributed by atoms with Crippen LogP contribution >= 0.6 is 11.3 Å². The van der Waals surface area contributed by atoms with Gasteiger partial charge in [0, 0.05) is 56.1 Å². The molecule has 3 aromatic rings. The number of rotatable bonds is 4. The number of fused-ring (bicyclic) bond motifs is 2. The number of hydrogen-bond donors (Lipinski definition) is 1. The number of amides is 1. The number of thiophene rings is 1. The molecule has 2 saturated heterocycles. The van der Waals surface area contributed by atoms with Gasteiger partial charge < -0.3 is 14.6 Å². The van der Waals surface area contributed by atoms with Crippen molar-refractivity contribution in [2.75, 3.05) is 32.8 Å². The molecule has 0 bridgehead atoms. The van der Waals surface area contributed by atoms with E-state index in [1.807, 2.05) is 11.9 Å². The van der Waals surface area contributed by atoms with Crippen molar-refractivity contribution in [3.8, 4) is 0 Å². The van der Waals surface area contributed by atoms with E-state index in [9.17, 15) is 9.90 Å². The van der Waals surface area contributed by atoms with E-state index in [-0.39, 0.29) is 17.9 Å². The lowest BCUT2D eigenvalue weighted by Gasteiger charge is -2.27. The molecule has 2 aliphatic rings. The van der Waals surface area contributed by atoms with Crippen LogP contribution in [0, 0.1) is 11.3 Å². The topological polar surface area (TPSA) is 61.6 Å². The standard InChI is InChI=1S/C21H24N4O2S/c1-23-9-18(22-14-23)20(27)25-8-16-7-24(11-21(16,12-25)13-26)6-15-10-28-19-5-3-2-4-17(15)19/h2-5,9-10,14,16,26H,6-8,11-13H2,1H3. The van der Waals surface area contributed by atoms with Crippen molar-refractivity contribution in [1.82, 2.24) is 19.4 Å². The smallest absolute Gasteiger partial charge is 0.274 e. The van der Waals surface area contributed by atoms with Crippen molar-refractivity contribution in [2.24, 2.45) is 18.4 Å². The summed E-state index contributed by atoms with van der Waals surface area (Å²) in [6.45, 7) is 4.05. The maximum atomic E-state index is 12.8. The maximum absolute atomic E-state index is 12.8. The second kappa shape index (κ2) is 6.69. The van der Waals surface area contributed by atoms with Crippen LogP contribution in [0.25, 0.3) is 10.1 Å². The van der Waals surface area contributed by atoms with Gasteiger partial charge in [-0.05, 0) is 28.3 Å². The molecule has 4 heterocycles. The number of carbonyl (C=O) groups is 1. The fraction of sp³-hybridized carbons (Fsp3) is 0.429. The molecule has 2 unspecified atom stereocenters. The minimum Gasteiger partial charge on any atom is -0.396 e. The highest BCUT2D eigenvalue weighted by Crippen LogP contribution is 2.43. The Bertz CT molecular complexity index is 1030. The number of aliphatic hydroxyl groups excluding tert-OH is 1. The van der Waals surface area contributed by atoms with Crippen LogP contribution < -0.4 is 0 Å². The normalized spacial score (nSPS) is 24.9. The Kier molecular flexibility index (Phi) is 4.26. The van der Waals surface area contributed by atoms with Crippen LogP contribution in [0.4, 0.5) is 0 Å². The summed E-state index contributed by atoms with van der Waals surface area (Å²) in [5, 5.41) is 13.8. The quantitative estimate of drug-likeness (QED) is 0.735. The largest absolute Gasteiger partial charge is 0.396 e. The van der Waals surface area contributed by atoms with Gasteiger partial charge in [0.05, 0.1) is 12.9 Å². The molecule has 0 saturated carbocycles. The zero-order valence-corrected chi connectivity index (χ0v) is 16.7. The van der Waals surface area contributed by atoms with Crippen LogP contribution in [-0.4, -0.2) is 63.2 Å². The van der Waals surface area contributed by atoms with Gasteiger partial charge in [-0.2, -0.15) is 0 Å². The zero-order valence-electron chi connectivity index (χ0n) is 15.9. The first-order chi connectivity index (χ1) is 13.6. The number of aryl methyl sites for hydroxylation is 1. The van der Waals surface area contributed by atoms with Crippen LogP contribution in [0.5, 0.6) is 0 Å². The Hall–Kier alpha value is -2.22. The molecular formula is C21H24N4O2S. The molecule has 1 amide bonds. The number of hydrogen-bond acceptors (Lipinski definition) is 5. The molecule has 146 valence electrons. The van der Waals surface area contributed by atoms with Gasteiger partial charge in [0.2, 0.25) is 0 Å². The second-order valence-corrected chi connectivity index (χ2v) is 9.17. The van der Waals surface area contributed by atoms with Crippen LogP contribution in [0.3, 0.4) is 0 Å². The highest BCUT2D eigenvalue weighted by atomic mass is 32.1. The fourth-order valence-electron chi connectivity index (χ4n) is 4.87. The summed E-state index contributed by atoms with van der Waals surface area (Å²) in [7, 11) is 1.86. The number of imidazole rings is 1. The molecule has 2 aromatic heterocycles. The SMILES string of the molecule is Cn1cnc(C(=O)N2CC3CN(Cc4csc5ccccc45)CC3(CO)C2)c1. The predicted octanol–water partition coefficient (Wildman–Crippen LogP) is 2.20. The molecule has 0 aliphatic carbocycles. The van der Waals surface area contributed by atoms with Crippen molar-refractivity contribution in [3.05, 3.63) is 53.4 Å². The molecule has 0 radical (unpaired) electrons. The van der Waals surface area contributed by atoms with E-state index in [1.165, 1.54) is 15.6 Å². The number of carbonyl (C=O) groups excluding carboxylic acids is 1. The lowest BCUT2D eigenvalue weighted by atomic mass is 9.82. The Morgan fingerprint density at radius 3 is 2.93 bits per heavy atom. The van der Waals surface area contributed by atoms with E-state index >= 15 is 0 Å². The molecule has 1 aromatic carbocycles. The van der Waals surface area contributed by atoms with E-state index in [0.29, 0.717) is 24.7 Å². The average molecular weight is 397 g/mol. The first kappa shape index (κ1) is 17.8. The second-order valence-electron chi connectivity index (χ2n) is 8.25. The third-order valence-corrected chi connectivity index (χ3v) is 7.32. The minimum absolute atomic E-state index is 0.0294. The third kappa shape index (κ3) is 2.85. The first-order valence-corrected chi connectivity index (χ1v) is 10.5. The Morgan fingerprint density at radius 2 is 2.18 bits per heavy atom. The lowest BCUT2D eigenvalue weighted by molar-refractivity contribution is 0.0714. The van der Waals surface area contributed by atoms with Crippen molar-refractivity contribution in [1.29, 1.82) is 0 Å². The summed E-state index contributed by atoms with van der Waals surface area (Å²) in [6, 6.07) is 8.52. The van der Waals surface area contributed by atoms with Crippen LogP contribution in [-0.2, 0) is 13.6 Å². The molecule has 1 N–H and O–H groups in total. The first-order valence-electron chi connectivity index (χ1n) is 9.63. The average Bonchev–Trinajstić information content (AvgIpc) is 3.44. The fourth-order valence-corrected chi connectivity index (χ4v) is 5.83. The molecule has 7 heteroatoms. The third-order valence-electron chi connectivity index (χ3n) is 6.31. The summed E-state index contributed by atoms with van der Waals surface area (Å²) in [5.74, 6) is 0.272. The van der Waals surface area contributed by atoms with E-state index < -0.39 is 0 Å². The summed E-state index contributed by atoms with van der Waals surface area (Å²) < 4.78 is 3.11. The number of likely N-dealkylation sites (tertiary alicyclic amines) is 2. The highest BCUT2D eigenvalue weighted by Gasteiger charge is 2.53. The molecule has 2 atom stereocenters. The summed E-state index contributed by atoms with van der Waals surface area (Å²) in [5.41, 5.74) is 1.61. The van der Waals surface area contributed by atoms with E-state index in [2.05, 4.69) is 39.5 Å². The number of aromatic nitrogens is 2. The molecule has 2 aliphatic heterocycles. The molecule has 6 nitrogen and oxygen atoms in total. The molecule has 2 fully saturated rings. The molecule has 5 rings (SSSR count). The van der Waals surface area contributed by atoms with Crippen molar-refractivity contribution >= 4 is 27.3 Å². The van der Waals surface area contributed by atoms with Gasteiger partial charge in [-0.3, -0.25) is 9.69 Å². The monoisotopic (exact) mass is 396 g/mol. The predicted molar refractivity (Wildman–Crippen MR) is 109 cm³/mol. The van der Waals surface area contributed by atoms with Crippen LogP contribution in [0.1, 0.15) is 16.1 Å². The van der Waals surface area contributed by atoms with Gasteiger partial charge in [0.1, 0.15) is 5.69 Å². The maximum Gasteiger partial charge on any atom is 0.274 e. The van der Waals surface area contributed by atoms with Gasteiger partial charge in [0.15, 0.2) is 0 Å². The molecular weight excluding hydrogens is 372 g/mol. The van der Waals surface area contributed by atoms with Gasteiger partial charge in [-0.1, -0.05) is 18.2 Å². The van der Waals surface area contributed by atoms with Crippen LogP contribution in [0.2, 0.25) is 0 Å².